The Morgan fingerprint density at radius 3 is 2.56 bits per heavy atom. The second-order valence-electron chi connectivity index (χ2n) is 9.29. The van der Waals surface area contributed by atoms with E-state index in [4.69, 9.17) is 0 Å². The molecule has 0 saturated carbocycles. The second kappa shape index (κ2) is 11.8. The third-order valence-electron chi connectivity index (χ3n) is 6.67. The number of carbonyl (C=O) groups excluding carboxylic acids is 1. The smallest absolute Gasteiger partial charge is 0.247 e. The van der Waals surface area contributed by atoms with Crippen molar-refractivity contribution in [2.45, 2.75) is 32.6 Å². The predicted molar refractivity (Wildman–Crippen MR) is 146 cm³/mol. The van der Waals surface area contributed by atoms with Gasteiger partial charge in [0.25, 0.3) is 0 Å². The van der Waals surface area contributed by atoms with Gasteiger partial charge in [0.05, 0.1) is 0 Å². The fraction of sp³-hybridized carbons (Fsp3) is 0.310. The van der Waals surface area contributed by atoms with E-state index in [1.165, 1.54) is 17.2 Å². The molecule has 36 heavy (non-hydrogen) atoms. The Hall–Kier alpha value is -3.71. The van der Waals surface area contributed by atoms with Gasteiger partial charge >= 0.3 is 0 Å². The summed E-state index contributed by atoms with van der Waals surface area (Å²) in [6.07, 6.45) is 5.22. The van der Waals surface area contributed by atoms with Gasteiger partial charge in [0, 0.05) is 41.6 Å². The van der Waals surface area contributed by atoms with Gasteiger partial charge < -0.3 is 20.9 Å². The number of halogens is 1. The zero-order valence-electron chi connectivity index (χ0n) is 21.0. The number of hydrogen-bond donors (Lipinski definition) is 3. The van der Waals surface area contributed by atoms with Crippen LogP contribution in [-0.2, 0) is 4.79 Å². The van der Waals surface area contributed by atoms with E-state index in [9.17, 15) is 9.18 Å². The first-order valence-corrected chi connectivity index (χ1v) is 12.4. The van der Waals surface area contributed by atoms with Crippen molar-refractivity contribution < 1.29 is 9.18 Å². The van der Waals surface area contributed by atoms with Crippen LogP contribution in [0.4, 0.5) is 33.0 Å². The van der Waals surface area contributed by atoms with Crippen LogP contribution in [0.5, 0.6) is 0 Å². The average Bonchev–Trinajstić information content (AvgIpc) is 2.88. The van der Waals surface area contributed by atoms with Gasteiger partial charge in [0.1, 0.15) is 12.5 Å². The van der Waals surface area contributed by atoms with E-state index >= 15 is 0 Å². The maximum absolute atomic E-state index is 12.6. The van der Waals surface area contributed by atoms with Crippen LogP contribution in [0.15, 0.2) is 67.4 Å². The molecule has 0 aliphatic carbocycles. The quantitative estimate of drug-likeness (QED) is 0.302. The Kier molecular flexibility index (Phi) is 8.33. The number of piperidine rings is 1. The molecule has 0 spiro atoms. The molecule has 1 aromatic heterocycles. The molecule has 1 saturated heterocycles. The van der Waals surface area contributed by atoms with Crippen molar-refractivity contribution in [2.75, 3.05) is 42.3 Å². The van der Waals surface area contributed by atoms with E-state index < -0.39 is 0 Å². The lowest BCUT2D eigenvalue weighted by atomic mass is 9.88. The maximum atomic E-state index is 12.6. The summed E-state index contributed by atoms with van der Waals surface area (Å²) in [5.74, 6) is 1.02. The number of benzene rings is 2. The SMILES string of the molecule is C=CC(=O)Nc1cccc(Nc2cc(Nc3ccc(C4CCN(CCF)CC4)cc3C)ncc2C)c1. The number of nitrogens with zero attached hydrogens (tertiary/aromatic N) is 2. The standard InChI is InChI=1S/C29H34FN5O/c1-4-29(36)33-25-7-5-6-24(17-25)32-27-18-28(31-19-21(27)3)34-26-9-8-23(16-20(26)2)22-10-13-35(14-11-22)15-12-30/h4-9,16-19,22H,1,10-15H2,2-3H3,(H,33,36)(H2,31,32,34). The number of nitrogens with one attached hydrogen (secondary N) is 3. The molecule has 0 bridgehead atoms. The molecule has 1 aliphatic rings. The molecular formula is C29H34FN5O. The van der Waals surface area contributed by atoms with E-state index in [0.29, 0.717) is 18.2 Å². The van der Waals surface area contributed by atoms with Crippen LogP contribution in [0.3, 0.4) is 0 Å². The molecule has 0 atom stereocenters. The summed E-state index contributed by atoms with van der Waals surface area (Å²) in [4.78, 5) is 18.4. The lowest BCUT2D eigenvalue weighted by Gasteiger charge is -2.31. The zero-order chi connectivity index (χ0) is 25.5. The largest absolute Gasteiger partial charge is 0.355 e. The van der Waals surface area contributed by atoms with Gasteiger partial charge in [-0.3, -0.25) is 4.79 Å². The van der Waals surface area contributed by atoms with Gasteiger partial charge in [-0.1, -0.05) is 24.8 Å². The molecule has 0 unspecified atom stereocenters. The molecule has 3 aromatic rings. The summed E-state index contributed by atoms with van der Waals surface area (Å²) in [7, 11) is 0. The lowest BCUT2D eigenvalue weighted by molar-refractivity contribution is -0.111. The van der Waals surface area contributed by atoms with Gasteiger partial charge in [0.15, 0.2) is 0 Å². The molecule has 1 aliphatic heterocycles. The van der Waals surface area contributed by atoms with E-state index in [-0.39, 0.29) is 12.6 Å². The van der Waals surface area contributed by atoms with Crippen LogP contribution in [-0.4, -0.2) is 42.1 Å². The number of anilines is 5. The molecule has 2 heterocycles. The Balaban J connectivity index is 1.44. The highest BCUT2D eigenvalue weighted by Gasteiger charge is 2.20. The van der Waals surface area contributed by atoms with Crippen molar-refractivity contribution in [1.29, 1.82) is 0 Å². The molecule has 7 heteroatoms. The molecule has 1 fully saturated rings. The van der Waals surface area contributed by atoms with Crippen molar-refractivity contribution in [1.82, 2.24) is 9.88 Å². The van der Waals surface area contributed by atoms with E-state index in [1.54, 1.807) is 0 Å². The molecule has 188 valence electrons. The summed E-state index contributed by atoms with van der Waals surface area (Å²) in [6.45, 7) is 9.80. The summed E-state index contributed by atoms with van der Waals surface area (Å²) < 4.78 is 12.6. The first-order chi connectivity index (χ1) is 17.4. The Morgan fingerprint density at radius 1 is 1.06 bits per heavy atom. The molecule has 1 amide bonds. The third kappa shape index (κ3) is 6.49. The van der Waals surface area contributed by atoms with Crippen molar-refractivity contribution in [3.63, 3.8) is 0 Å². The summed E-state index contributed by atoms with van der Waals surface area (Å²) in [6, 6.07) is 16.1. The van der Waals surface area contributed by atoms with Crippen molar-refractivity contribution in [3.05, 3.63) is 84.1 Å². The number of aryl methyl sites for hydroxylation is 2. The first-order valence-electron chi connectivity index (χ1n) is 12.4. The van der Waals surface area contributed by atoms with Crippen LogP contribution in [0, 0.1) is 13.8 Å². The highest BCUT2D eigenvalue weighted by Crippen LogP contribution is 2.32. The van der Waals surface area contributed by atoms with Crippen molar-refractivity contribution in [2.24, 2.45) is 0 Å². The number of amides is 1. The summed E-state index contributed by atoms with van der Waals surface area (Å²) in [5.41, 5.74) is 7.02. The lowest BCUT2D eigenvalue weighted by Crippen LogP contribution is -2.34. The minimum Gasteiger partial charge on any atom is -0.355 e. The highest BCUT2D eigenvalue weighted by atomic mass is 19.1. The molecule has 2 aromatic carbocycles. The van der Waals surface area contributed by atoms with Gasteiger partial charge in [-0.15, -0.1) is 0 Å². The number of rotatable bonds is 9. The van der Waals surface area contributed by atoms with Crippen molar-refractivity contribution in [3.8, 4) is 0 Å². The summed E-state index contributed by atoms with van der Waals surface area (Å²) >= 11 is 0. The Labute approximate surface area is 212 Å². The van der Waals surface area contributed by atoms with Crippen LogP contribution < -0.4 is 16.0 Å². The first kappa shape index (κ1) is 25.4. The monoisotopic (exact) mass is 487 g/mol. The number of pyridine rings is 1. The fourth-order valence-corrected chi connectivity index (χ4v) is 4.58. The van der Waals surface area contributed by atoms with E-state index in [0.717, 1.165) is 54.4 Å². The van der Waals surface area contributed by atoms with Gasteiger partial charge in [0.2, 0.25) is 5.91 Å². The number of alkyl halides is 1. The Morgan fingerprint density at radius 2 is 1.83 bits per heavy atom. The number of hydrogen-bond acceptors (Lipinski definition) is 5. The number of likely N-dealkylation sites (tertiary alicyclic amines) is 1. The predicted octanol–water partition coefficient (Wildman–Crippen LogP) is 6.46. The molecular weight excluding hydrogens is 453 g/mol. The normalized spacial score (nSPS) is 14.3. The summed E-state index contributed by atoms with van der Waals surface area (Å²) in [5, 5.41) is 9.66. The van der Waals surface area contributed by atoms with E-state index in [1.807, 2.05) is 43.5 Å². The van der Waals surface area contributed by atoms with Gasteiger partial charge in [-0.05, 0) is 92.7 Å². The molecule has 6 nitrogen and oxygen atoms in total. The Bertz CT molecular complexity index is 1220. The van der Waals surface area contributed by atoms with Crippen molar-refractivity contribution >= 4 is 34.5 Å². The fourth-order valence-electron chi connectivity index (χ4n) is 4.58. The minimum absolute atomic E-state index is 0.248. The van der Waals surface area contributed by atoms with Crippen LogP contribution >= 0.6 is 0 Å². The average molecular weight is 488 g/mol. The number of aromatic nitrogens is 1. The molecule has 3 N–H and O–H groups in total. The van der Waals surface area contributed by atoms with Crippen LogP contribution in [0.2, 0.25) is 0 Å². The number of carbonyl (C=O) groups is 1. The molecule has 4 rings (SSSR count). The van der Waals surface area contributed by atoms with E-state index in [2.05, 4.69) is 57.5 Å². The molecule has 0 radical (unpaired) electrons. The highest BCUT2D eigenvalue weighted by molar-refractivity contribution is 5.99. The maximum Gasteiger partial charge on any atom is 0.247 e. The van der Waals surface area contributed by atoms with Crippen LogP contribution in [0.1, 0.15) is 35.4 Å². The van der Waals surface area contributed by atoms with Gasteiger partial charge in [-0.25, -0.2) is 9.37 Å². The van der Waals surface area contributed by atoms with Gasteiger partial charge in [-0.2, -0.15) is 0 Å². The third-order valence-corrected chi connectivity index (χ3v) is 6.67. The minimum atomic E-state index is -0.269. The second-order valence-corrected chi connectivity index (χ2v) is 9.29. The zero-order valence-corrected chi connectivity index (χ0v) is 21.0. The topological polar surface area (TPSA) is 69.3 Å². The van der Waals surface area contributed by atoms with Crippen LogP contribution in [0.25, 0.3) is 0 Å².